The Bertz CT molecular complexity index is 758. The fourth-order valence-electron chi connectivity index (χ4n) is 1.74. The Hall–Kier alpha value is -1.53. The molecule has 0 amide bonds. The summed E-state index contributed by atoms with van der Waals surface area (Å²) < 4.78 is 28.0. The third-order valence-corrected chi connectivity index (χ3v) is 5.00. The predicted octanol–water partition coefficient (Wildman–Crippen LogP) is 3.45. The summed E-state index contributed by atoms with van der Waals surface area (Å²) in [6.45, 7) is 3.77. The van der Waals surface area contributed by atoms with Gasteiger partial charge in [-0.1, -0.05) is 12.1 Å². The molecule has 106 valence electrons. The third kappa shape index (κ3) is 3.13. The number of sulfonamides is 1. The Morgan fingerprint density at radius 3 is 2.45 bits per heavy atom. The van der Waals surface area contributed by atoms with Gasteiger partial charge in [0.1, 0.15) is 0 Å². The summed E-state index contributed by atoms with van der Waals surface area (Å²) >= 11 is 3.24. The molecule has 0 bridgehead atoms. The first kappa shape index (κ1) is 14.9. The molecular formula is C14H15BrN2O2S. The number of benzene rings is 2. The van der Waals surface area contributed by atoms with Gasteiger partial charge in [0, 0.05) is 10.2 Å². The number of aryl methyl sites for hydroxylation is 2. The Balaban J connectivity index is 2.40. The van der Waals surface area contributed by atoms with Crippen molar-refractivity contribution in [3.05, 3.63) is 52.0 Å². The highest BCUT2D eigenvalue weighted by molar-refractivity contribution is 9.10. The van der Waals surface area contributed by atoms with Gasteiger partial charge in [0.15, 0.2) is 0 Å². The van der Waals surface area contributed by atoms with E-state index in [-0.39, 0.29) is 4.90 Å². The molecule has 0 fully saturated rings. The highest BCUT2D eigenvalue weighted by atomic mass is 79.9. The van der Waals surface area contributed by atoms with Crippen LogP contribution in [0.25, 0.3) is 0 Å². The molecule has 0 aromatic heterocycles. The van der Waals surface area contributed by atoms with E-state index in [1.165, 1.54) is 12.1 Å². The topological polar surface area (TPSA) is 72.2 Å². The zero-order valence-electron chi connectivity index (χ0n) is 11.1. The molecule has 0 atom stereocenters. The molecule has 0 saturated heterocycles. The highest BCUT2D eigenvalue weighted by Gasteiger charge is 2.16. The fraction of sp³-hybridized carbons (Fsp3) is 0.143. The van der Waals surface area contributed by atoms with Gasteiger partial charge in [0.2, 0.25) is 0 Å². The SMILES string of the molecule is Cc1ccc(C)c(NS(=O)(=O)c2ccc(Br)c(N)c2)c1. The zero-order valence-corrected chi connectivity index (χ0v) is 13.5. The lowest BCUT2D eigenvalue weighted by molar-refractivity contribution is 0.601. The van der Waals surface area contributed by atoms with Crippen molar-refractivity contribution in [3.8, 4) is 0 Å². The molecule has 0 saturated carbocycles. The van der Waals surface area contributed by atoms with Crippen LogP contribution in [-0.2, 0) is 10.0 Å². The lowest BCUT2D eigenvalue weighted by Gasteiger charge is -2.12. The maximum Gasteiger partial charge on any atom is 0.261 e. The normalized spacial score (nSPS) is 11.3. The minimum absolute atomic E-state index is 0.138. The first-order valence-corrected chi connectivity index (χ1v) is 8.22. The molecule has 20 heavy (non-hydrogen) atoms. The second-order valence-corrected chi connectivity index (χ2v) is 7.14. The predicted molar refractivity (Wildman–Crippen MR) is 85.3 cm³/mol. The smallest absolute Gasteiger partial charge is 0.261 e. The molecule has 4 nitrogen and oxygen atoms in total. The Kier molecular flexibility index (Phi) is 4.06. The van der Waals surface area contributed by atoms with Crippen LogP contribution in [0.5, 0.6) is 0 Å². The standard InChI is InChI=1S/C14H15BrN2O2S/c1-9-3-4-10(2)14(7-9)17-20(18,19)11-5-6-12(15)13(16)8-11/h3-8,17H,16H2,1-2H3. The first-order chi connectivity index (χ1) is 9.29. The number of anilines is 2. The van der Waals surface area contributed by atoms with E-state index >= 15 is 0 Å². The van der Waals surface area contributed by atoms with E-state index in [2.05, 4.69) is 20.7 Å². The van der Waals surface area contributed by atoms with Crippen molar-refractivity contribution in [1.82, 2.24) is 0 Å². The molecule has 0 radical (unpaired) electrons. The monoisotopic (exact) mass is 354 g/mol. The van der Waals surface area contributed by atoms with E-state index in [4.69, 9.17) is 5.73 Å². The average Bonchev–Trinajstić information content (AvgIpc) is 2.36. The highest BCUT2D eigenvalue weighted by Crippen LogP contribution is 2.25. The molecule has 0 heterocycles. The van der Waals surface area contributed by atoms with Gasteiger partial charge >= 0.3 is 0 Å². The summed E-state index contributed by atoms with van der Waals surface area (Å²) in [6.07, 6.45) is 0. The molecule has 6 heteroatoms. The van der Waals surface area contributed by atoms with Crippen LogP contribution in [0.4, 0.5) is 11.4 Å². The van der Waals surface area contributed by atoms with Gasteiger partial charge in [-0.15, -0.1) is 0 Å². The van der Waals surface area contributed by atoms with Crippen molar-refractivity contribution in [1.29, 1.82) is 0 Å². The molecule has 2 rings (SSSR count). The third-order valence-electron chi connectivity index (χ3n) is 2.92. The fourth-order valence-corrected chi connectivity index (χ4v) is 3.14. The summed E-state index contributed by atoms with van der Waals surface area (Å²) in [5.41, 5.74) is 8.54. The molecule has 2 aromatic carbocycles. The van der Waals surface area contributed by atoms with Gasteiger partial charge < -0.3 is 5.73 Å². The second-order valence-electron chi connectivity index (χ2n) is 4.61. The quantitative estimate of drug-likeness (QED) is 0.829. The van der Waals surface area contributed by atoms with Crippen LogP contribution in [0.15, 0.2) is 45.8 Å². The lowest BCUT2D eigenvalue weighted by Crippen LogP contribution is -2.14. The number of nitrogen functional groups attached to an aromatic ring is 1. The molecular weight excluding hydrogens is 340 g/mol. The summed E-state index contributed by atoms with van der Waals surface area (Å²) in [5.74, 6) is 0. The van der Waals surface area contributed by atoms with Crippen LogP contribution in [0.3, 0.4) is 0 Å². The zero-order chi connectivity index (χ0) is 14.9. The van der Waals surface area contributed by atoms with E-state index in [0.29, 0.717) is 15.8 Å². The van der Waals surface area contributed by atoms with Crippen LogP contribution in [0.1, 0.15) is 11.1 Å². The summed E-state index contributed by atoms with van der Waals surface area (Å²) in [6, 6.07) is 10.2. The number of nitrogens with two attached hydrogens (primary N) is 1. The molecule has 0 spiro atoms. The number of nitrogens with one attached hydrogen (secondary N) is 1. The van der Waals surface area contributed by atoms with E-state index in [9.17, 15) is 8.42 Å². The van der Waals surface area contributed by atoms with Crippen LogP contribution in [0, 0.1) is 13.8 Å². The minimum atomic E-state index is -3.64. The van der Waals surface area contributed by atoms with Gasteiger partial charge in [-0.3, -0.25) is 4.72 Å². The van der Waals surface area contributed by atoms with Crippen LogP contribution >= 0.6 is 15.9 Å². The molecule has 0 aliphatic rings. The van der Waals surface area contributed by atoms with Crippen molar-refractivity contribution in [3.63, 3.8) is 0 Å². The minimum Gasteiger partial charge on any atom is -0.398 e. The van der Waals surface area contributed by atoms with Crippen molar-refractivity contribution < 1.29 is 8.42 Å². The van der Waals surface area contributed by atoms with E-state index in [1.54, 1.807) is 12.1 Å². The van der Waals surface area contributed by atoms with Gasteiger partial charge in [-0.2, -0.15) is 0 Å². The molecule has 0 aliphatic heterocycles. The largest absolute Gasteiger partial charge is 0.398 e. The summed E-state index contributed by atoms with van der Waals surface area (Å²) in [5, 5.41) is 0. The van der Waals surface area contributed by atoms with Crippen molar-refractivity contribution in [2.75, 3.05) is 10.5 Å². The first-order valence-electron chi connectivity index (χ1n) is 5.95. The molecule has 0 unspecified atom stereocenters. The van der Waals surface area contributed by atoms with Crippen LogP contribution in [-0.4, -0.2) is 8.42 Å². The van der Waals surface area contributed by atoms with Crippen molar-refractivity contribution >= 4 is 37.3 Å². The Labute approximate surface area is 127 Å². The molecule has 3 N–H and O–H groups in total. The van der Waals surface area contributed by atoms with E-state index in [1.807, 2.05) is 26.0 Å². The molecule has 2 aromatic rings. The van der Waals surface area contributed by atoms with Crippen molar-refractivity contribution in [2.45, 2.75) is 18.7 Å². The van der Waals surface area contributed by atoms with Gasteiger partial charge in [-0.05, 0) is 65.2 Å². The van der Waals surface area contributed by atoms with Gasteiger partial charge in [0.25, 0.3) is 10.0 Å². The number of hydrogen-bond acceptors (Lipinski definition) is 3. The van der Waals surface area contributed by atoms with Crippen LogP contribution in [0.2, 0.25) is 0 Å². The Morgan fingerprint density at radius 2 is 1.80 bits per heavy atom. The van der Waals surface area contributed by atoms with E-state index < -0.39 is 10.0 Å². The lowest BCUT2D eigenvalue weighted by atomic mass is 10.1. The van der Waals surface area contributed by atoms with E-state index in [0.717, 1.165) is 11.1 Å². The van der Waals surface area contributed by atoms with Gasteiger partial charge in [0.05, 0.1) is 10.6 Å². The van der Waals surface area contributed by atoms with Crippen molar-refractivity contribution in [2.24, 2.45) is 0 Å². The van der Waals surface area contributed by atoms with Crippen LogP contribution < -0.4 is 10.5 Å². The Morgan fingerprint density at radius 1 is 1.10 bits per heavy atom. The second kappa shape index (κ2) is 5.46. The average molecular weight is 355 g/mol. The molecule has 0 aliphatic carbocycles. The number of rotatable bonds is 3. The maximum absolute atomic E-state index is 12.3. The van der Waals surface area contributed by atoms with Gasteiger partial charge in [-0.25, -0.2) is 8.42 Å². The number of halogens is 1. The summed E-state index contributed by atoms with van der Waals surface area (Å²) in [7, 11) is -3.64. The number of hydrogen-bond donors (Lipinski definition) is 2. The maximum atomic E-state index is 12.3. The summed E-state index contributed by atoms with van der Waals surface area (Å²) in [4.78, 5) is 0.138.